The van der Waals surface area contributed by atoms with E-state index >= 15 is 0 Å². The van der Waals surface area contributed by atoms with Crippen LogP contribution in [0.4, 0.5) is 0 Å². The first kappa shape index (κ1) is 19.0. The van der Waals surface area contributed by atoms with E-state index in [9.17, 15) is 0 Å². The van der Waals surface area contributed by atoms with Gasteiger partial charge in [-0.3, -0.25) is 0 Å². The van der Waals surface area contributed by atoms with E-state index in [1.54, 1.807) is 0 Å². The molecule has 0 radical (unpaired) electrons. The van der Waals surface area contributed by atoms with Crippen LogP contribution in [0.2, 0.25) is 0 Å². The minimum Gasteiger partial charge on any atom is -0.103 e. The Labute approximate surface area is 156 Å². The molecule has 0 aromatic carbocycles. The Morgan fingerprint density at radius 2 is 0.880 bits per heavy atom. The Morgan fingerprint density at radius 3 is 1.28 bits per heavy atom. The summed E-state index contributed by atoms with van der Waals surface area (Å²) < 4.78 is 0. The van der Waals surface area contributed by atoms with Crippen molar-refractivity contribution in [1.82, 2.24) is 0 Å². The van der Waals surface area contributed by atoms with Gasteiger partial charge in [-0.25, -0.2) is 0 Å². The Hall–Kier alpha value is -0.780. The van der Waals surface area contributed by atoms with Gasteiger partial charge in [0.2, 0.25) is 0 Å². The zero-order valence-electron chi connectivity index (χ0n) is 16.5. The van der Waals surface area contributed by atoms with Gasteiger partial charge in [-0.2, -0.15) is 0 Å². The highest BCUT2D eigenvalue weighted by Gasteiger charge is 2.29. The highest BCUT2D eigenvalue weighted by atomic mass is 14.3. The molecule has 140 valence electrons. The molecule has 0 bridgehead atoms. The molecule has 0 amide bonds. The maximum atomic E-state index is 3.97. The summed E-state index contributed by atoms with van der Waals surface area (Å²) in [6.07, 6.45) is 29.4. The summed E-state index contributed by atoms with van der Waals surface area (Å²) in [6, 6.07) is 0. The lowest BCUT2D eigenvalue weighted by molar-refractivity contribution is 0.166. The molecular weight excluding hydrogens is 300 g/mol. The summed E-state index contributed by atoms with van der Waals surface area (Å²) in [5.74, 6) is 5.50. The molecule has 3 aliphatic rings. The molecule has 3 rings (SSSR count). The van der Waals surface area contributed by atoms with Crippen molar-refractivity contribution in [3.63, 3.8) is 0 Å². The molecule has 0 aliphatic heterocycles. The summed E-state index contributed by atoms with van der Waals surface area (Å²) in [5, 5.41) is 0. The summed E-state index contributed by atoms with van der Waals surface area (Å²) in [4.78, 5) is 0. The fraction of sp³-hybridized carbons (Fsp3) is 0.760. The molecular formula is C25H40. The van der Waals surface area contributed by atoms with E-state index in [1.165, 1.54) is 77.0 Å². The van der Waals surface area contributed by atoms with Gasteiger partial charge in [0.1, 0.15) is 0 Å². The first-order valence-electron chi connectivity index (χ1n) is 11.2. The molecule has 0 spiro atoms. The predicted molar refractivity (Wildman–Crippen MR) is 110 cm³/mol. The van der Waals surface area contributed by atoms with Crippen molar-refractivity contribution in [1.29, 1.82) is 0 Å². The molecule has 0 nitrogen and oxygen atoms in total. The van der Waals surface area contributed by atoms with Gasteiger partial charge in [0.15, 0.2) is 0 Å². The molecule has 0 saturated heterocycles. The smallest absolute Gasteiger partial charge is 0.0233 e. The van der Waals surface area contributed by atoms with E-state index < -0.39 is 0 Å². The first-order valence-corrected chi connectivity index (χ1v) is 11.2. The number of allylic oxidation sites excluding steroid dienone is 5. The SMILES string of the molecule is C=CC1CCC(C=CC2CCC(C3CCC(C=CC)CC3)CC2)CC1. The van der Waals surface area contributed by atoms with Crippen LogP contribution < -0.4 is 0 Å². The van der Waals surface area contributed by atoms with Crippen LogP contribution in [-0.2, 0) is 0 Å². The normalized spacial score (nSPS) is 40.5. The van der Waals surface area contributed by atoms with Crippen LogP contribution in [0.3, 0.4) is 0 Å². The average Bonchev–Trinajstić information content (AvgIpc) is 2.68. The van der Waals surface area contributed by atoms with Gasteiger partial charge in [-0.05, 0) is 119 Å². The van der Waals surface area contributed by atoms with Crippen LogP contribution in [0.1, 0.15) is 84.0 Å². The van der Waals surface area contributed by atoms with Crippen LogP contribution in [0.15, 0.2) is 37.0 Å². The van der Waals surface area contributed by atoms with Crippen molar-refractivity contribution in [3.05, 3.63) is 37.0 Å². The van der Waals surface area contributed by atoms with E-state index in [-0.39, 0.29) is 0 Å². The van der Waals surface area contributed by atoms with E-state index in [0.717, 1.165) is 35.5 Å². The Balaban J connectivity index is 1.36. The summed E-state index contributed by atoms with van der Waals surface area (Å²) in [5.41, 5.74) is 0. The third kappa shape index (κ3) is 5.60. The first-order chi connectivity index (χ1) is 12.3. The van der Waals surface area contributed by atoms with Gasteiger partial charge in [0, 0.05) is 0 Å². The van der Waals surface area contributed by atoms with Gasteiger partial charge in [0.05, 0.1) is 0 Å². The van der Waals surface area contributed by atoms with Crippen LogP contribution in [0.25, 0.3) is 0 Å². The van der Waals surface area contributed by atoms with Crippen molar-refractivity contribution in [2.45, 2.75) is 84.0 Å². The quantitative estimate of drug-likeness (QED) is 0.449. The molecule has 0 unspecified atom stereocenters. The molecule has 3 aliphatic carbocycles. The van der Waals surface area contributed by atoms with E-state index in [1.807, 2.05) is 0 Å². The molecule has 0 N–H and O–H groups in total. The van der Waals surface area contributed by atoms with Crippen molar-refractivity contribution < 1.29 is 0 Å². The van der Waals surface area contributed by atoms with Crippen LogP contribution in [-0.4, -0.2) is 0 Å². The second-order valence-electron chi connectivity index (χ2n) is 9.17. The Bertz CT molecular complexity index is 433. The average molecular weight is 341 g/mol. The molecule has 25 heavy (non-hydrogen) atoms. The Kier molecular flexibility index (Phi) is 7.44. The van der Waals surface area contributed by atoms with E-state index in [4.69, 9.17) is 0 Å². The zero-order chi connectivity index (χ0) is 17.5. The monoisotopic (exact) mass is 340 g/mol. The van der Waals surface area contributed by atoms with Gasteiger partial charge >= 0.3 is 0 Å². The second-order valence-corrected chi connectivity index (χ2v) is 9.17. The van der Waals surface area contributed by atoms with Gasteiger partial charge in [0.25, 0.3) is 0 Å². The van der Waals surface area contributed by atoms with Gasteiger partial charge in [-0.15, -0.1) is 6.58 Å². The molecule has 0 aromatic heterocycles. The lowest BCUT2D eigenvalue weighted by Crippen LogP contribution is -2.25. The summed E-state index contributed by atoms with van der Waals surface area (Å²) >= 11 is 0. The second kappa shape index (κ2) is 9.79. The van der Waals surface area contributed by atoms with Gasteiger partial charge in [-0.1, -0.05) is 30.4 Å². The highest BCUT2D eigenvalue weighted by molar-refractivity contribution is 4.98. The largest absolute Gasteiger partial charge is 0.103 e. The standard InChI is InChI=1S/C25H40/c1-3-5-21-12-16-24(17-13-21)25-18-14-23(15-19-25)11-10-22-8-6-20(4-2)7-9-22/h3-5,10-11,20-25H,2,6-9,12-19H2,1H3. The maximum absolute atomic E-state index is 3.97. The topological polar surface area (TPSA) is 0 Å². The van der Waals surface area contributed by atoms with Crippen molar-refractivity contribution >= 4 is 0 Å². The highest BCUT2D eigenvalue weighted by Crippen LogP contribution is 2.42. The van der Waals surface area contributed by atoms with Gasteiger partial charge < -0.3 is 0 Å². The molecule has 3 fully saturated rings. The lowest BCUT2D eigenvalue weighted by atomic mass is 9.69. The van der Waals surface area contributed by atoms with Crippen LogP contribution in [0, 0.1) is 35.5 Å². The Morgan fingerprint density at radius 1 is 0.520 bits per heavy atom. The van der Waals surface area contributed by atoms with E-state index in [2.05, 4.69) is 43.9 Å². The molecule has 0 heteroatoms. The minimum atomic E-state index is 0.794. The maximum Gasteiger partial charge on any atom is -0.0233 e. The summed E-state index contributed by atoms with van der Waals surface area (Å²) in [6.45, 7) is 6.14. The molecule has 3 saturated carbocycles. The van der Waals surface area contributed by atoms with Crippen molar-refractivity contribution in [2.24, 2.45) is 35.5 Å². The van der Waals surface area contributed by atoms with Crippen molar-refractivity contribution in [2.75, 3.05) is 0 Å². The third-order valence-electron chi connectivity index (χ3n) is 7.57. The number of hydrogen-bond acceptors (Lipinski definition) is 0. The van der Waals surface area contributed by atoms with Crippen LogP contribution in [0.5, 0.6) is 0 Å². The van der Waals surface area contributed by atoms with E-state index in [0.29, 0.717) is 0 Å². The number of hydrogen-bond donors (Lipinski definition) is 0. The fourth-order valence-electron chi connectivity index (χ4n) is 5.78. The van der Waals surface area contributed by atoms with Crippen molar-refractivity contribution in [3.8, 4) is 0 Å². The summed E-state index contributed by atoms with van der Waals surface area (Å²) in [7, 11) is 0. The lowest BCUT2D eigenvalue weighted by Gasteiger charge is -2.37. The fourth-order valence-corrected chi connectivity index (χ4v) is 5.78. The number of rotatable bonds is 5. The third-order valence-corrected chi connectivity index (χ3v) is 7.57. The molecule has 0 heterocycles. The molecule has 0 atom stereocenters. The van der Waals surface area contributed by atoms with Crippen LogP contribution >= 0.6 is 0 Å². The zero-order valence-corrected chi connectivity index (χ0v) is 16.5. The predicted octanol–water partition coefficient (Wildman–Crippen LogP) is 7.72. The minimum absolute atomic E-state index is 0.794. The molecule has 0 aromatic rings.